The summed E-state index contributed by atoms with van der Waals surface area (Å²) in [6.45, 7) is 1.48. The highest BCUT2D eigenvalue weighted by Crippen LogP contribution is 2.64. The van der Waals surface area contributed by atoms with Crippen LogP contribution >= 0.6 is 0 Å². The van der Waals surface area contributed by atoms with Crippen LogP contribution in [0, 0.1) is 5.41 Å². The van der Waals surface area contributed by atoms with E-state index in [0.717, 1.165) is 0 Å². The van der Waals surface area contributed by atoms with E-state index in [9.17, 15) is 14.7 Å². The van der Waals surface area contributed by atoms with Crippen molar-refractivity contribution >= 4 is 11.9 Å². The van der Waals surface area contributed by atoms with E-state index in [1.165, 1.54) is 6.92 Å². The number of aliphatic carboxylic acids is 2. The summed E-state index contributed by atoms with van der Waals surface area (Å²) in [4.78, 5) is 22.5. The molecule has 1 saturated carbocycles. The first kappa shape index (κ1) is 10.7. The lowest BCUT2D eigenvalue weighted by molar-refractivity contribution is -0.149. The minimum atomic E-state index is -1.26. The molecule has 1 aliphatic rings. The molecule has 0 aliphatic heterocycles. The van der Waals surface area contributed by atoms with Gasteiger partial charge in [-0.25, -0.2) is 0 Å². The Kier molecular flexibility index (Phi) is 2.05. The second-order valence-corrected chi connectivity index (χ2v) is 4.39. The third-order valence-corrected chi connectivity index (χ3v) is 3.54. The Labute approximate surface area is 92.5 Å². The molecule has 0 radical (unpaired) electrons. The zero-order chi connectivity index (χ0) is 12.0. The SMILES string of the molecule is CC1(C(=O)O)CC1(C(=O)O)c1ccccc1. The van der Waals surface area contributed by atoms with Crippen LogP contribution in [0.5, 0.6) is 0 Å². The number of hydrogen-bond donors (Lipinski definition) is 2. The smallest absolute Gasteiger partial charge is 0.315 e. The summed E-state index contributed by atoms with van der Waals surface area (Å²) < 4.78 is 0. The number of hydrogen-bond acceptors (Lipinski definition) is 2. The fourth-order valence-electron chi connectivity index (χ4n) is 2.32. The molecule has 16 heavy (non-hydrogen) atoms. The summed E-state index contributed by atoms with van der Waals surface area (Å²) in [5.74, 6) is -2.12. The predicted octanol–water partition coefficient (Wildman–Crippen LogP) is 1.50. The van der Waals surface area contributed by atoms with Gasteiger partial charge in [0.2, 0.25) is 0 Å². The van der Waals surface area contributed by atoms with Gasteiger partial charge in [0.1, 0.15) is 5.41 Å². The van der Waals surface area contributed by atoms with Gasteiger partial charge >= 0.3 is 11.9 Å². The third kappa shape index (κ3) is 1.10. The Morgan fingerprint density at radius 3 is 2.06 bits per heavy atom. The second-order valence-electron chi connectivity index (χ2n) is 4.39. The molecule has 2 N–H and O–H groups in total. The lowest BCUT2D eigenvalue weighted by Gasteiger charge is -2.16. The quantitative estimate of drug-likeness (QED) is 0.809. The number of carboxylic acids is 2. The number of benzene rings is 1. The highest BCUT2D eigenvalue weighted by Gasteiger charge is 2.75. The maximum Gasteiger partial charge on any atom is 0.315 e. The van der Waals surface area contributed by atoms with Crippen molar-refractivity contribution in [2.45, 2.75) is 18.8 Å². The Hall–Kier alpha value is -1.84. The molecule has 1 aromatic rings. The van der Waals surface area contributed by atoms with E-state index in [2.05, 4.69) is 0 Å². The van der Waals surface area contributed by atoms with Crippen molar-refractivity contribution in [1.82, 2.24) is 0 Å². The van der Waals surface area contributed by atoms with Gasteiger partial charge in [0.25, 0.3) is 0 Å². The normalized spacial score (nSPS) is 32.1. The largest absolute Gasteiger partial charge is 0.481 e. The third-order valence-electron chi connectivity index (χ3n) is 3.54. The zero-order valence-corrected chi connectivity index (χ0v) is 8.80. The monoisotopic (exact) mass is 220 g/mol. The number of carbonyl (C=O) groups is 2. The maximum absolute atomic E-state index is 11.3. The van der Waals surface area contributed by atoms with E-state index in [1.54, 1.807) is 30.3 Å². The topological polar surface area (TPSA) is 74.6 Å². The molecule has 2 atom stereocenters. The molecule has 4 heteroatoms. The van der Waals surface area contributed by atoms with Crippen LogP contribution in [0.3, 0.4) is 0 Å². The lowest BCUT2D eigenvalue weighted by Crippen LogP contribution is -2.31. The van der Waals surface area contributed by atoms with Crippen molar-refractivity contribution in [2.24, 2.45) is 5.41 Å². The van der Waals surface area contributed by atoms with Crippen molar-refractivity contribution in [3.05, 3.63) is 35.9 Å². The summed E-state index contributed by atoms with van der Waals surface area (Å²) in [6, 6.07) is 8.56. The van der Waals surface area contributed by atoms with Gasteiger partial charge in [-0.2, -0.15) is 0 Å². The van der Waals surface area contributed by atoms with Crippen LogP contribution in [0.2, 0.25) is 0 Å². The molecule has 0 spiro atoms. The maximum atomic E-state index is 11.3. The summed E-state index contributed by atoms with van der Waals surface area (Å²) >= 11 is 0. The highest BCUT2D eigenvalue weighted by atomic mass is 16.4. The van der Waals surface area contributed by atoms with E-state index in [0.29, 0.717) is 5.56 Å². The standard InChI is InChI=1S/C12H12O4/c1-11(9(13)14)7-12(11,10(15)16)8-5-3-2-4-6-8/h2-6H,7H2,1H3,(H,13,14)(H,15,16). The van der Waals surface area contributed by atoms with E-state index >= 15 is 0 Å². The molecule has 1 aliphatic carbocycles. The lowest BCUT2D eigenvalue weighted by atomic mass is 9.87. The van der Waals surface area contributed by atoms with Crippen molar-refractivity contribution in [2.75, 3.05) is 0 Å². The van der Waals surface area contributed by atoms with Crippen molar-refractivity contribution in [1.29, 1.82) is 0 Å². The van der Waals surface area contributed by atoms with Crippen LogP contribution in [0.1, 0.15) is 18.9 Å². The first-order chi connectivity index (χ1) is 7.45. The van der Waals surface area contributed by atoms with Gasteiger partial charge < -0.3 is 10.2 Å². The Balaban J connectivity index is 2.51. The molecule has 0 aromatic heterocycles. The van der Waals surface area contributed by atoms with Gasteiger partial charge in [0, 0.05) is 0 Å². The van der Waals surface area contributed by atoms with Crippen molar-refractivity contribution in [3.63, 3.8) is 0 Å². The molecule has 0 bridgehead atoms. The fourth-order valence-corrected chi connectivity index (χ4v) is 2.32. The van der Waals surface area contributed by atoms with Gasteiger partial charge in [-0.1, -0.05) is 30.3 Å². The highest BCUT2D eigenvalue weighted by molar-refractivity contribution is 5.97. The van der Waals surface area contributed by atoms with Crippen LogP contribution in [0.4, 0.5) is 0 Å². The molecule has 4 nitrogen and oxygen atoms in total. The summed E-state index contributed by atoms with van der Waals surface area (Å²) in [7, 11) is 0. The molecular formula is C12H12O4. The minimum absolute atomic E-state index is 0.147. The second kappa shape index (κ2) is 3.07. The fraction of sp³-hybridized carbons (Fsp3) is 0.333. The van der Waals surface area contributed by atoms with Gasteiger partial charge in [0.05, 0.1) is 5.41 Å². The van der Waals surface area contributed by atoms with Crippen LogP contribution in [-0.2, 0) is 15.0 Å². The average molecular weight is 220 g/mol. The van der Waals surface area contributed by atoms with Crippen LogP contribution in [0.15, 0.2) is 30.3 Å². The van der Waals surface area contributed by atoms with E-state index in [-0.39, 0.29) is 6.42 Å². The van der Waals surface area contributed by atoms with Crippen molar-refractivity contribution in [3.8, 4) is 0 Å². The number of rotatable bonds is 3. The van der Waals surface area contributed by atoms with Gasteiger partial charge in [-0.05, 0) is 18.9 Å². The van der Waals surface area contributed by atoms with Gasteiger partial charge in [-0.3, -0.25) is 9.59 Å². The first-order valence-corrected chi connectivity index (χ1v) is 4.97. The molecule has 2 rings (SSSR count). The van der Waals surface area contributed by atoms with Crippen LogP contribution in [-0.4, -0.2) is 22.2 Å². The molecular weight excluding hydrogens is 208 g/mol. The molecule has 0 saturated heterocycles. The number of carboxylic acid groups (broad SMARTS) is 2. The summed E-state index contributed by atoms with van der Waals surface area (Å²) in [6.07, 6.45) is 0.147. The minimum Gasteiger partial charge on any atom is -0.481 e. The van der Waals surface area contributed by atoms with Crippen LogP contribution < -0.4 is 0 Å². The van der Waals surface area contributed by atoms with E-state index in [4.69, 9.17) is 5.11 Å². The Bertz CT molecular complexity index is 453. The van der Waals surface area contributed by atoms with Crippen molar-refractivity contribution < 1.29 is 19.8 Å². The average Bonchev–Trinajstić information content (AvgIpc) is 2.90. The zero-order valence-electron chi connectivity index (χ0n) is 8.80. The molecule has 84 valence electrons. The molecule has 2 unspecified atom stereocenters. The summed E-state index contributed by atoms with van der Waals surface area (Å²) in [5, 5.41) is 18.4. The van der Waals surface area contributed by atoms with E-state index < -0.39 is 22.8 Å². The molecule has 1 fully saturated rings. The molecule has 1 aromatic carbocycles. The van der Waals surface area contributed by atoms with Gasteiger partial charge in [-0.15, -0.1) is 0 Å². The first-order valence-electron chi connectivity index (χ1n) is 4.97. The Morgan fingerprint density at radius 1 is 1.12 bits per heavy atom. The predicted molar refractivity (Wildman–Crippen MR) is 56.1 cm³/mol. The molecule has 0 heterocycles. The summed E-state index contributed by atoms with van der Waals surface area (Å²) in [5.41, 5.74) is -1.90. The Morgan fingerprint density at radius 2 is 1.69 bits per heavy atom. The molecule has 0 amide bonds. The van der Waals surface area contributed by atoms with Crippen LogP contribution in [0.25, 0.3) is 0 Å². The van der Waals surface area contributed by atoms with E-state index in [1.807, 2.05) is 0 Å². The van der Waals surface area contributed by atoms with Gasteiger partial charge in [0.15, 0.2) is 0 Å².